The van der Waals surface area contributed by atoms with Crippen molar-refractivity contribution in [2.24, 2.45) is 5.92 Å². The Balaban J connectivity index is 1.68. The molecule has 0 fully saturated rings. The number of hydrogen-bond acceptors (Lipinski definition) is 3. The van der Waals surface area contributed by atoms with Crippen molar-refractivity contribution in [3.05, 3.63) is 65.7 Å². The zero-order chi connectivity index (χ0) is 26.6. The second-order valence-electron chi connectivity index (χ2n) is 10.5. The van der Waals surface area contributed by atoms with Crippen molar-refractivity contribution in [2.45, 2.75) is 109 Å². The first kappa shape index (κ1) is 31.2. The van der Waals surface area contributed by atoms with Crippen LogP contribution in [0.3, 0.4) is 0 Å². The molecular formula is C34H50O2S. The van der Waals surface area contributed by atoms with Gasteiger partial charge in [0.2, 0.25) is 0 Å². The van der Waals surface area contributed by atoms with Crippen molar-refractivity contribution >= 4 is 23.6 Å². The van der Waals surface area contributed by atoms with Crippen LogP contribution in [0.25, 0.3) is 6.08 Å². The molecule has 0 spiro atoms. The minimum Gasteiger partial charge on any atom is -0.493 e. The molecule has 0 saturated heterocycles. The Labute approximate surface area is 231 Å². The lowest BCUT2D eigenvalue weighted by atomic mass is 10.1. The Morgan fingerprint density at radius 2 is 1.43 bits per heavy atom. The summed E-state index contributed by atoms with van der Waals surface area (Å²) < 4.78 is 6.07. The van der Waals surface area contributed by atoms with E-state index in [-0.39, 0.29) is 5.78 Å². The predicted molar refractivity (Wildman–Crippen MR) is 163 cm³/mol. The fourth-order valence-corrected chi connectivity index (χ4v) is 5.23. The molecule has 0 heterocycles. The third-order valence-electron chi connectivity index (χ3n) is 6.67. The number of carbonyl (C=O) groups excluding carboxylic acids is 1. The van der Waals surface area contributed by atoms with Gasteiger partial charge in [0.25, 0.3) is 0 Å². The number of para-hydroxylation sites is 1. The largest absolute Gasteiger partial charge is 0.493 e. The first-order valence-corrected chi connectivity index (χ1v) is 15.8. The van der Waals surface area contributed by atoms with Gasteiger partial charge in [-0.05, 0) is 67.0 Å². The number of carbonyl (C=O) groups is 1. The van der Waals surface area contributed by atoms with Crippen molar-refractivity contribution in [1.29, 1.82) is 0 Å². The van der Waals surface area contributed by atoms with Crippen LogP contribution in [-0.2, 0) is 0 Å². The van der Waals surface area contributed by atoms with Crippen LogP contribution >= 0.6 is 11.8 Å². The minimum absolute atomic E-state index is 0.0246. The lowest BCUT2D eigenvalue weighted by molar-refractivity contribution is 0.104. The van der Waals surface area contributed by atoms with Gasteiger partial charge in [-0.15, -0.1) is 11.8 Å². The number of unbranched alkanes of at least 4 members (excludes halogenated alkanes) is 10. The number of benzene rings is 2. The molecule has 204 valence electrons. The zero-order valence-electron chi connectivity index (χ0n) is 23.7. The highest BCUT2D eigenvalue weighted by molar-refractivity contribution is 7.99. The molecule has 2 aromatic rings. The maximum atomic E-state index is 12.7. The molecular weight excluding hydrogens is 472 g/mol. The van der Waals surface area contributed by atoms with Gasteiger partial charge in [-0.2, -0.15) is 0 Å². The fraction of sp³-hybridized carbons (Fsp3) is 0.559. The van der Waals surface area contributed by atoms with E-state index in [4.69, 9.17) is 4.74 Å². The summed E-state index contributed by atoms with van der Waals surface area (Å²) in [6, 6.07) is 16.0. The molecule has 0 amide bonds. The quantitative estimate of drug-likeness (QED) is 0.0705. The van der Waals surface area contributed by atoms with Crippen LogP contribution < -0.4 is 4.74 Å². The van der Waals surface area contributed by atoms with Crippen molar-refractivity contribution in [3.8, 4) is 5.75 Å². The molecule has 2 nitrogen and oxygen atoms in total. The highest BCUT2D eigenvalue weighted by Gasteiger charge is 2.05. The molecule has 0 aliphatic heterocycles. The van der Waals surface area contributed by atoms with Crippen LogP contribution in [0.4, 0.5) is 0 Å². The number of ketones is 1. The highest BCUT2D eigenvalue weighted by Crippen LogP contribution is 2.23. The molecule has 3 heteroatoms. The van der Waals surface area contributed by atoms with E-state index in [1.165, 1.54) is 81.9 Å². The van der Waals surface area contributed by atoms with Gasteiger partial charge < -0.3 is 4.74 Å². The van der Waals surface area contributed by atoms with Gasteiger partial charge in [-0.3, -0.25) is 4.79 Å². The summed E-state index contributed by atoms with van der Waals surface area (Å²) in [7, 11) is 0. The molecule has 0 bridgehead atoms. The smallest absolute Gasteiger partial charge is 0.185 e. The third-order valence-corrected chi connectivity index (χ3v) is 7.77. The maximum absolute atomic E-state index is 12.7. The second-order valence-corrected chi connectivity index (χ2v) is 11.7. The Morgan fingerprint density at radius 3 is 2.08 bits per heavy atom. The second kappa shape index (κ2) is 20.0. The maximum Gasteiger partial charge on any atom is 0.185 e. The molecule has 0 saturated carbocycles. The molecule has 0 radical (unpaired) electrons. The van der Waals surface area contributed by atoms with Crippen LogP contribution in [0.2, 0.25) is 0 Å². The number of ether oxygens (including phenoxy) is 1. The predicted octanol–water partition coefficient (Wildman–Crippen LogP) is 10.8. The molecule has 0 aliphatic carbocycles. The van der Waals surface area contributed by atoms with Gasteiger partial charge in [0.05, 0.1) is 6.61 Å². The molecule has 0 unspecified atom stereocenters. The van der Waals surface area contributed by atoms with E-state index < -0.39 is 0 Å². The Morgan fingerprint density at radius 1 is 0.811 bits per heavy atom. The molecule has 0 aliphatic rings. The normalized spacial score (nSPS) is 11.5. The van der Waals surface area contributed by atoms with Crippen LogP contribution in [0.5, 0.6) is 5.75 Å². The summed E-state index contributed by atoms with van der Waals surface area (Å²) in [4.78, 5) is 13.9. The molecule has 0 aromatic heterocycles. The van der Waals surface area contributed by atoms with Gasteiger partial charge >= 0.3 is 0 Å². The molecule has 0 N–H and O–H groups in total. The van der Waals surface area contributed by atoms with Crippen LogP contribution in [0.15, 0.2) is 59.5 Å². The van der Waals surface area contributed by atoms with E-state index in [0.29, 0.717) is 0 Å². The van der Waals surface area contributed by atoms with E-state index in [1.54, 1.807) is 6.08 Å². The van der Waals surface area contributed by atoms with E-state index in [1.807, 2.05) is 54.2 Å². The number of rotatable bonds is 21. The van der Waals surface area contributed by atoms with Crippen LogP contribution in [-0.4, -0.2) is 18.1 Å². The van der Waals surface area contributed by atoms with Crippen LogP contribution in [0.1, 0.15) is 120 Å². The standard InChI is InChI=1S/C34H50O2S/c1-4-5-6-7-8-9-10-11-12-13-16-27-36-34-20-15-14-19-31(34)23-26-33(35)30-21-24-32(25-22-30)37-28-17-18-29(2)3/h14-15,19-26,29H,4-13,16-18,27-28H2,1-3H3/b26-23+. The average molecular weight is 523 g/mol. The van der Waals surface area contributed by atoms with Gasteiger partial charge in [-0.1, -0.05) is 110 Å². The van der Waals surface area contributed by atoms with Crippen molar-refractivity contribution in [2.75, 3.05) is 12.4 Å². The number of allylic oxidation sites excluding steroid dienone is 1. The molecule has 0 atom stereocenters. The topological polar surface area (TPSA) is 26.3 Å². The summed E-state index contributed by atoms with van der Waals surface area (Å²) in [6.45, 7) is 7.53. The monoisotopic (exact) mass is 522 g/mol. The zero-order valence-corrected chi connectivity index (χ0v) is 24.5. The Bertz CT molecular complexity index is 885. The number of thioether (sulfide) groups is 1. The van der Waals surface area contributed by atoms with Crippen LogP contribution in [0, 0.1) is 5.92 Å². The van der Waals surface area contributed by atoms with Gasteiger partial charge in [0.1, 0.15) is 5.75 Å². The van der Waals surface area contributed by atoms with Crippen molar-refractivity contribution < 1.29 is 9.53 Å². The van der Waals surface area contributed by atoms with Gasteiger partial charge in [-0.25, -0.2) is 0 Å². The lowest BCUT2D eigenvalue weighted by Gasteiger charge is -2.09. The summed E-state index contributed by atoms with van der Waals surface area (Å²) in [5.74, 6) is 2.76. The number of hydrogen-bond donors (Lipinski definition) is 0. The van der Waals surface area contributed by atoms with E-state index in [0.717, 1.165) is 41.6 Å². The molecule has 2 rings (SSSR count). The first-order valence-electron chi connectivity index (χ1n) is 14.8. The SMILES string of the molecule is CCCCCCCCCCCCCOc1ccccc1/C=C/C(=O)c1ccc(SCCCC(C)C)cc1. The van der Waals surface area contributed by atoms with E-state index in [2.05, 4.69) is 32.9 Å². The Hall–Kier alpha value is -2.00. The van der Waals surface area contributed by atoms with Crippen molar-refractivity contribution in [1.82, 2.24) is 0 Å². The van der Waals surface area contributed by atoms with E-state index >= 15 is 0 Å². The fourth-order valence-electron chi connectivity index (χ4n) is 4.36. The molecule has 2 aromatic carbocycles. The Kier molecular flexibility index (Phi) is 16.9. The summed E-state index contributed by atoms with van der Waals surface area (Å²) >= 11 is 1.87. The van der Waals surface area contributed by atoms with Gasteiger partial charge in [0.15, 0.2) is 5.78 Å². The third kappa shape index (κ3) is 14.5. The first-order chi connectivity index (χ1) is 18.1. The summed E-state index contributed by atoms with van der Waals surface area (Å²) in [6.07, 6.45) is 20.7. The summed E-state index contributed by atoms with van der Waals surface area (Å²) in [5.41, 5.74) is 1.68. The van der Waals surface area contributed by atoms with Crippen molar-refractivity contribution in [3.63, 3.8) is 0 Å². The average Bonchev–Trinajstić information content (AvgIpc) is 2.91. The minimum atomic E-state index is 0.0246. The lowest BCUT2D eigenvalue weighted by Crippen LogP contribution is -1.99. The summed E-state index contributed by atoms with van der Waals surface area (Å²) in [5, 5.41) is 0. The van der Waals surface area contributed by atoms with E-state index in [9.17, 15) is 4.79 Å². The molecule has 37 heavy (non-hydrogen) atoms. The van der Waals surface area contributed by atoms with Gasteiger partial charge in [0, 0.05) is 16.0 Å². The highest BCUT2D eigenvalue weighted by atomic mass is 32.2.